The third-order valence-corrected chi connectivity index (χ3v) is 5.38. The standard InChI is InChI=1S/C18H33NO2/c1-4-16(20)13-19-11-9-18(10-12-19)21-17-7-5-15(6-8-17)14(2)3/h14-15,17-18H,4-13H2,1-3H3. The van der Waals surface area contributed by atoms with Gasteiger partial charge in [0, 0.05) is 19.5 Å². The first-order chi connectivity index (χ1) is 10.1. The molecule has 2 aliphatic rings. The maximum absolute atomic E-state index is 11.5. The molecule has 1 saturated carbocycles. The van der Waals surface area contributed by atoms with E-state index in [1.807, 2.05) is 6.92 Å². The van der Waals surface area contributed by atoms with Crippen LogP contribution in [-0.4, -0.2) is 42.5 Å². The van der Waals surface area contributed by atoms with Gasteiger partial charge in [-0.15, -0.1) is 0 Å². The molecule has 21 heavy (non-hydrogen) atoms. The molecule has 0 unspecified atom stereocenters. The van der Waals surface area contributed by atoms with Crippen molar-refractivity contribution in [3.63, 3.8) is 0 Å². The zero-order valence-electron chi connectivity index (χ0n) is 14.1. The van der Waals surface area contributed by atoms with Crippen molar-refractivity contribution in [3.8, 4) is 0 Å². The Bertz CT molecular complexity index is 313. The molecular formula is C18H33NO2. The van der Waals surface area contributed by atoms with E-state index >= 15 is 0 Å². The summed E-state index contributed by atoms with van der Waals surface area (Å²) in [6.07, 6.45) is 8.96. The van der Waals surface area contributed by atoms with Crippen LogP contribution in [0.15, 0.2) is 0 Å². The zero-order valence-corrected chi connectivity index (χ0v) is 14.1. The van der Waals surface area contributed by atoms with Crippen LogP contribution in [0.3, 0.4) is 0 Å². The fourth-order valence-corrected chi connectivity index (χ4v) is 3.73. The van der Waals surface area contributed by atoms with Crippen molar-refractivity contribution in [1.82, 2.24) is 4.90 Å². The first-order valence-corrected chi connectivity index (χ1v) is 8.98. The molecule has 122 valence electrons. The van der Waals surface area contributed by atoms with Crippen molar-refractivity contribution in [2.75, 3.05) is 19.6 Å². The number of rotatable bonds is 6. The summed E-state index contributed by atoms with van der Waals surface area (Å²) in [6.45, 7) is 9.34. The van der Waals surface area contributed by atoms with Gasteiger partial charge in [0.05, 0.1) is 18.8 Å². The third-order valence-electron chi connectivity index (χ3n) is 5.38. The van der Waals surface area contributed by atoms with E-state index in [0.29, 0.717) is 31.0 Å². The molecule has 1 aliphatic carbocycles. The van der Waals surface area contributed by atoms with Crippen molar-refractivity contribution < 1.29 is 9.53 Å². The van der Waals surface area contributed by atoms with Crippen molar-refractivity contribution in [1.29, 1.82) is 0 Å². The number of ether oxygens (including phenoxy) is 1. The summed E-state index contributed by atoms with van der Waals surface area (Å²) in [7, 11) is 0. The van der Waals surface area contributed by atoms with Crippen LogP contribution in [-0.2, 0) is 9.53 Å². The summed E-state index contributed by atoms with van der Waals surface area (Å²) in [5.74, 6) is 2.10. The molecule has 1 aliphatic heterocycles. The van der Waals surface area contributed by atoms with Crippen molar-refractivity contribution >= 4 is 5.78 Å². The van der Waals surface area contributed by atoms with E-state index in [2.05, 4.69) is 18.7 Å². The zero-order chi connectivity index (χ0) is 15.2. The third kappa shape index (κ3) is 5.37. The lowest BCUT2D eigenvalue weighted by Crippen LogP contribution is -2.41. The van der Waals surface area contributed by atoms with Crippen LogP contribution >= 0.6 is 0 Å². The summed E-state index contributed by atoms with van der Waals surface area (Å²) in [5, 5.41) is 0. The molecule has 0 atom stereocenters. The maximum atomic E-state index is 11.5. The van der Waals surface area contributed by atoms with Gasteiger partial charge in [-0.05, 0) is 50.4 Å². The Morgan fingerprint density at radius 3 is 2.14 bits per heavy atom. The largest absolute Gasteiger partial charge is 0.375 e. The molecule has 2 rings (SSSR count). The van der Waals surface area contributed by atoms with Crippen LogP contribution in [0.25, 0.3) is 0 Å². The molecule has 3 heteroatoms. The molecule has 1 saturated heterocycles. The normalized spacial score (nSPS) is 29.0. The van der Waals surface area contributed by atoms with E-state index in [1.54, 1.807) is 0 Å². The van der Waals surface area contributed by atoms with Crippen LogP contribution in [0, 0.1) is 11.8 Å². The number of hydrogen-bond donors (Lipinski definition) is 0. The smallest absolute Gasteiger partial charge is 0.146 e. The van der Waals surface area contributed by atoms with E-state index in [9.17, 15) is 4.79 Å². The Kier molecular flexibility index (Phi) is 6.69. The highest BCUT2D eigenvalue weighted by molar-refractivity contribution is 5.80. The number of nitrogens with zero attached hydrogens (tertiary/aromatic N) is 1. The number of carbonyl (C=O) groups is 1. The first kappa shape index (κ1) is 17.0. The number of Topliss-reactive ketones (excluding diaryl/α,β-unsaturated/α-hetero) is 1. The average Bonchev–Trinajstić information content (AvgIpc) is 2.49. The molecule has 1 heterocycles. The second kappa shape index (κ2) is 8.28. The SMILES string of the molecule is CCC(=O)CN1CCC(OC2CCC(C(C)C)CC2)CC1. The molecule has 0 bridgehead atoms. The van der Waals surface area contributed by atoms with Crippen LogP contribution in [0.1, 0.15) is 65.7 Å². The van der Waals surface area contributed by atoms with Gasteiger partial charge in [-0.1, -0.05) is 20.8 Å². The molecule has 0 N–H and O–H groups in total. The van der Waals surface area contributed by atoms with Gasteiger partial charge in [0.15, 0.2) is 0 Å². The molecular weight excluding hydrogens is 262 g/mol. The van der Waals surface area contributed by atoms with Gasteiger partial charge in [0.2, 0.25) is 0 Å². The molecule has 0 spiro atoms. The second-order valence-corrected chi connectivity index (χ2v) is 7.28. The predicted molar refractivity (Wildman–Crippen MR) is 86.4 cm³/mol. The van der Waals surface area contributed by atoms with Crippen LogP contribution < -0.4 is 0 Å². The molecule has 2 fully saturated rings. The lowest BCUT2D eigenvalue weighted by Gasteiger charge is -2.36. The Labute approximate surface area is 130 Å². The maximum Gasteiger partial charge on any atom is 0.146 e. The lowest BCUT2D eigenvalue weighted by atomic mass is 9.80. The Hall–Kier alpha value is -0.410. The van der Waals surface area contributed by atoms with Crippen LogP contribution in [0.2, 0.25) is 0 Å². The molecule has 0 aromatic carbocycles. The molecule has 0 aromatic rings. The number of hydrogen-bond acceptors (Lipinski definition) is 3. The van der Waals surface area contributed by atoms with Gasteiger partial charge in [-0.2, -0.15) is 0 Å². The molecule has 0 amide bonds. The second-order valence-electron chi connectivity index (χ2n) is 7.28. The highest BCUT2D eigenvalue weighted by Gasteiger charge is 2.27. The summed E-state index contributed by atoms with van der Waals surface area (Å²) >= 11 is 0. The summed E-state index contributed by atoms with van der Waals surface area (Å²) in [4.78, 5) is 13.8. The minimum atomic E-state index is 0.362. The number of likely N-dealkylation sites (tertiary alicyclic amines) is 1. The molecule has 0 radical (unpaired) electrons. The minimum Gasteiger partial charge on any atom is -0.375 e. The van der Waals surface area contributed by atoms with Gasteiger partial charge in [0.25, 0.3) is 0 Å². The minimum absolute atomic E-state index is 0.362. The van der Waals surface area contributed by atoms with Crippen LogP contribution in [0.4, 0.5) is 0 Å². The number of ketones is 1. The van der Waals surface area contributed by atoms with Gasteiger partial charge >= 0.3 is 0 Å². The fraction of sp³-hybridized carbons (Fsp3) is 0.944. The Balaban J connectivity index is 1.64. The van der Waals surface area contributed by atoms with Gasteiger partial charge in [-0.3, -0.25) is 9.69 Å². The number of carbonyl (C=O) groups excluding carboxylic acids is 1. The van der Waals surface area contributed by atoms with Gasteiger partial charge in [-0.25, -0.2) is 0 Å². The van der Waals surface area contributed by atoms with E-state index in [1.165, 1.54) is 25.7 Å². The Morgan fingerprint density at radius 2 is 1.62 bits per heavy atom. The van der Waals surface area contributed by atoms with Crippen LogP contribution in [0.5, 0.6) is 0 Å². The summed E-state index contributed by atoms with van der Waals surface area (Å²) in [6, 6.07) is 0. The monoisotopic (exact) mass is 295 g/mol. The highest BCUT2D eigenvalue weighted by atomic mass is 16.5. The van der Waals surface area contributed by atoms with Crippen molar-refractivity contribution in [2.45, 2.75) is 77.9 Å². The van der Waals surface area contributed by atoms with E-state index < -0.39 is 0 Å². The average molecular weight is 295 g/mol. The topological polar surface area (TPSA) is 29.5 Å². The first-order valence-electron chi connectivity index (χ1n) is 8.98. The predicted octanol–water partition coefficient (Wildman–Crippen LogP) is 3.66. The molecule has 0 aromatic heterocycles. The lowest BCUT2D eigenvalue weighted by molar-refractivity contribution is -0.121. The van der Waals surface area contributed by atoms with E-state index in [0.717, 1.165) is 37.8 Å². The van der Waals surface area contributed by atoms with Gasteiger partial charge < -0.3 is 4.74 Å². The quantitative estimate of drug-likeness (QED) is 0.749. The van der Waals surface area contributed by atoms with Crippen molar-refractivity contribution in [2.24, 2.45) is 11.8 Å². The Morgan fingerprint density at radius 1 is 1.05 bits per heavy atom. The van der Waals surface area contributed by atoms with E-state index in [-0.39, 0.29) is 0 Å². The fourth-order valence-electron chi connectivity index (χ4n) is 3.73. The van der Waals surface area contributed by atoms with Gasteiger partial charge in [0.1, 0.15) is 5.78 Å². The number of piperidine rings is 1. The molecule has 3 nitrogen and oxygen atoms in total. The summed E-state index contributed by atoms with van der Waals surface area (Å²) < 4.78 is 6.33. The van der Waals surface area contributed by atoms with Crippen molar-refractivity contribution in [3.05, 3.63) is 0 Å². The van der Waals surface area contributed by atoms with E-state index in [4.69, 9.17) is 4.74 Å². The highest BCUT2D eigenvalue weighted by Crippen LogP contribution is 2.32. The summed E-state index contributed by atoms with van der Waals surface area (Å²) in [5.41, 5.74) is 0.